The van der Waals surface area contributed by atoms with E-state index in [1.54, 1.807) is 52.0 Å². The predicted molar refractivity (Wildman–Crippen MR) is 250 cm³/mol. The molecule has 6 N–H and O–H groups in total. The fraction of sp³-hybridized carbons (Fsp3) is 0.706. The molecule has 3 aliphatic heterocycles. The van der Waals surface area contributed by atoms with E-state index in [1.807, 2.05) is 53.7 Å². The molecule has 0 saturated carbocycles. The van der Waals surface area contributed by atoms with Gasteiger partial charge in [-0.05, 0) is 52.5 Å². The Hall–Kier alpha value is -4.05. The number of nitrogens with two attached hydrogens (primary N) is 1. The molecule has 3 heterocycles. The number of methoxy groups -OCH3 is 2. The Kier molecular flexibility index (Phi) is 22.8. The van der Waals surface area contributed by atoms with Crippen molar-refractivity contribution in [2.45, 2.75) is 181 Å². The Balaban J connectivity index is 2.02. The van der Waals surface area contributed by atoms with E-state index in [0.717, 1.165) is 5.57 Å². The number of ether oxygens (including phenoxy) is 8. The Morgan fingerprint density at radius 2 is 1.78 bits per heavy atom. The van der Waals surface area contributed by atoms with E-state index >= 15 is 0 Å². The molecule has 0 radical (unpaired) electrons. The topological polar surface area (TPSA) is 232 Å². The number of esters is 2. The molecule has 2 fully saturated rings. The number of allylic oxidation sites excluding steroid dienone is 6. The fourth-order valence-electron chi connectivity index (χ4n) is 9.44. The minimum atomic E-state index is -2.02. The number of hydrogen-bond donors (Lipinski definition) is 5. The summed E-state index contributed by atoms with van der Waals surface area (Å²) in [5.41, 5.74) is 6.91. The lowest BCUT2D eigenvalue weighted by Crippen LogP contribution is -2.59. The quantitative estimate of drug-likeness (QED) is 0.0587. The predicted octanol–water partition coefficient (Wildman–Crippen LogP) is 5.95. The SMILES string of the molecule is C#CCCC(=O)O[C@H]1C[C@@H](O[C@@H]2C[C@](O)([C@@H](C)[C@H](O)[C@H](C)[C@H]3OC(=O)/C(OC)=C/C(C)=C/[C@@H](C)[C@@H](O)C(CC)[C@@H](O)[C@H](C)C/C(C)=C/C=C/[C@@H]3OC)O[C@H](/C=C/C)[C@H]2C)O[C@@H](C)[C@@H]1OC(N)=O. The van der Waals surface area contributed by atoms with Crippen LogP contribution in [0.4, 0.5) is 4.79 Å². The van der Waals surface area contributed by atoms with Crippen LogP contribution >= 0.6 is 0 Å². The van der Waals surface area contributed by atoms with Gasteiger partial charge in [-0.1, -0.05) is 89.1 Å². The molecule has 18 atom stereocenters. The molecule has 0 aromatic heterocycles. The van der Waals surface area contributed by atoms with Crippen molar-refractivity contribution >= 4 is 18.0 Å². The molecular formula is C51H79NO15. The molecule has 16 nitrogen and oxygen atoms in total. The van der Waals surface area contributed by atoms with Gasteiger partial charge in [-0.25, -0.2) is 9.59 Å². The summed E-state index contributed by atoms with van der Waals surface area (Å²) in [7, 11) is 2.79. The van der Waals surface area contributed by atoms with Crippen LogP contribution in [0.1, 0.15) is 108 Å². The molecule has 1 unspecified atom stereocenters. The molecule has 378 valence electrons. The van der Waals surface area contributed by atoms with Crippen molar-refractivity contribution in [1.82, 2.24) is 0 Å². The van der Waals surface area contributed by atoms with E-state index in [9.17, 15) is 34.8 Å². The number of terminal acetylenes is 1. The first kappa shape index (κ1) is 57.3. The molecule has 67 heavy (non-hydrogen) atoms. The molecule has 2 saturated heterocycles. The summed E-state index contributed by atoms with van der Waals surface area (Å²) in [6, 6.07) is 0. The summed E-state index contributed by atoms with van der Waals surface area (Å²) >= 11 is 0. The number of hydrogen-bond acceptors (Lipinski definition) is 15. The van der Waals surface area contributed by atoms with Crippen LogP contribution < -0.4 is 5.73 Å². The van der Waals surface area contributed by atoms with Gasteiger partial charge in [0, 0.05) is 56.0 Å². The van der Waals surface area contributed by atoms with E-state index in [2.05, 4.69) is 5.92 Å². The maximum absolute atomic E-state index is 14.0. The van der Waals surface area contributed by atoms with Crippen molar-refractivity contribution in [2.75, 3.05) is 14.2 Å². The molecule has 1 amide bonds. The molecule has 0 spiro atoms. The molecule has 0 aromatic rings. The number of rotatable bonds is 14. The fourth-order valence-corrected chi connectivity index (χ4v) is 9.44. The standard InChI is InChI=1S/C51H79NO15/c1-14-17-22-42(53)63-39-26-43(62-35(11)48(39)66-50(52)58)64-41-27-51(59,67-37(19-15-2)32(41)8)34(10)46(56)33(9)47-38(60-12)21-18-20-28(4)23-30(6)44(54)36(16-3)45(55)31(7)24-29(5)25-40(61-13)49(57)65-47/h1,15,18-21,24-25,30-39,41,43-48,54-56,59H,16-17,22-23,26-27H2,2-13H3,(H2,52,58)/b19-15+,21-18+,28-20+,29-24+,40-25-/t30-,31-,32-,33+,34+,35+,36?,37-,38+,39+,41-,43-,44+,45-,46-,47-,48+,51-/m1/s1. The van der Waals surface area contributed by atoms with E-state index in [1.165, 1.54) is 20.3 Å². The zero-order valence-corrected chi connectivity index (χ0v) is 41.5. The van der Waals surface area contributed by atoms with Gasteiger partial charge < -0.3 is 64.1 Å². The van der Waals surface area contributed by atoms with E-state index in [-0.39, 0.29) is 55.1 Å². The van der Waals surface area contributed by atoms with Gasteiger partial charge in [0.15, 0.2) is 18.2 Å². The normalized spacial score (nSPS) is 39.2. The molecule has 16 heteroatoms. The molecular weight excluding hydrogens is 867 g/mol. The van der Waals surface area contributed by atoms with Gasteiger partial charge >= 0.3 is 18.0 Å². The number of aliphatic hydroxyl groups excluding tert-OH is 3. The lowest BCUT2D eigenvalue weighted by atomic mass is 9.77. The molecule has 0 aliphatic carbocycles. The largest absolute Gasteiger partial charge is 0.490 e. The number of cyclic esters (lactones) is 1. The van der Waals surface area contributed by atoms with Crippen molar-refractivity contribution < 1.29 is 72.7 Å². The van der Waals surface area contributed by atoms with Gasteiger partial charge in [0.05, 0.1) is 50.2 Å². The van der Waals surface area contributed by atoms with Crippen molar-refractivity contribution in [1.29, 1.82) is 0 Å². The third kappa shape index (κ3) is 15.7. The molecule has 3 aliphatic rings. The molecule has 0 aromatic carbocycles. The number of carbonyl (C=O) groups is 3. The van der Waals surface area contributed by atoms with E-state index in [0.29, 0.717) is 18.4 Å². The Bertz CT molecular complexity index is 1820. The monoisotopic (exact) mass is 946 g/mol. The van der Waals surface area contributed by atoms with Crippen LogP contribution in [-0.2, 0) is 47.5 Å². The van der Waals surface area contributed by atoms with Gasteiger partial charge in [-0.3, -0.25) is 4.79 Å². The first-order valence-corrected chi connectivity index (χ1v) is 23.5. The number of aliphatic hydroxyl groups is 4. The van der Waals surface area contributed by atoms with Crippen LogP contribution in [0.3, 0.4) is 0 Å². The van der Waals surface area contributed by atoms with Crippen LogP contribution in [0.25, 0.3) is 0 Å². The van der Waals surface area contributed by atoms with Crippen molar-refractivity contribution in [3.05, 3.63) is 59.4 Å². The van der Waals surface area contributed by atoms with Crippen LogP contribution in [0.5, 0.6) is 0 Å². The Morgan fingerprint density at radius 3 is 2.37 bits per heavy atom. The van der Waals surface area contributed by atoms with E-state index in [4.69, 9.17) is 50.1 Å². The van der Waals surface area contributed by atoms with Gasteiger partial charge in [0.1, 0.15) is 18.3 Å². The maximum atomic E-state index is 14.0. The zero-order valence-electron chi connectivity index (χ0n) is 41.5. The second kappa shape index (κ2) is 26.6. The maximum Gasteiger partial charge on any atom is 0.404 e. The summed E-state index contributed by atoms with van der Waals surface area (Å²) < 4.78 is 47.8. The third-order valence-electron chi connectivity index (χ3n) is 13.5. The van der Waals surface area contributed by atoms with Crippen molar-refractivity contribution in [3.8, 4) is 12.3 Å². The van der Waals surface area contributed by atoms with Gasteiger partial charge in [0.2, 0.25) is 5.76 Å². The Morgan fingerprint density at radius 1 is 1.09 bits per heavy atom. The third-order valence-corrected chi connectivity index (χ3v) is 13.5. The second-order valence-electron chi connectivity index (χ2n) is 18.7. The van der Waals surface area contributed by atoms with Gasteiger partial charge in [-0.2, -0.15) is 0 Å². The molecule has 0 bridgehead atoms. The molecule has 3 rings (SSSR count). The summed E-state index contributed by atoms with van der Waals surface area (Å²) in [5.74, 6) is -4.45. The van der Waals surface area contributed by atoms with Crippen LogP contribution in [0.2, 0.25) is 0 Å². The summed E-state index contributed by atoms with van der Waals surface area (Å²) in [6.45, 7) is 18.1. The summed E-state index contributed by atoms with van der Waals surface area (Å²) in [4.78, 5) is 38.5. The van der Waals surface area contributed by atoms with Crippen LogP contribution in [0.15, 0.2) is 59.4 Å². The van der Waals surface area contributed by atoms with Crippen LogP contribution in [-0.4, -0.2) is 126 Å². The second-order valence-corrected chi connectivity index (χ2v) is 18.7. The first-order chi connectivity index (χ1) is 31.5. The number of carbonyl (C=O) groups excluding carboxylic acids is 3. The minimum absolute atomic E-state index is 0.0434. The van der Waals surface area contributed by atoms with Crippen LogP contribution in [0, 0.1) is 47.9 Å². The highest BCUT2D eigenvalue weighted by Crippen LogP contribution is 2.43. The first-order valence-electron chi connectivity index (χ1n) is 23.5. The average molecular weight is 946 g/mol. The van der Waals surface area contributed by atoms with E-state index < -0.39 is 103 Å². The summed E-state index contributed by atoms with van der Waals surface area (Å²) in [6.07, 6.45) is 7.16. The highest BCUT2D eigenvalue weighted by Gasteiger charge is 2.53. The Labute approximate surface area is 397 Å². The minimum Gasteiger partial charge on any atom is -0.490 e. The lowest BCUT2D eigenvalue weighted by Gasteiger charge is -2.50. The summed E-state index contributed by atoms with van der Waals surface area (Å²) in [5, 5.41) is 47.6. The highest BCUT2D eigenvalue weighted by molar-refractivity contribution is 5.87. The zero-order chi connectivity index (χ0) is 50.3. The average Bonchev–Trinajstić information content (AvgIpc) is 3.27. The van der Waals surface area contributed by atoms with Gasteiger partial charge in [-0.15, -0.1) is 12.3 Å². The van der Waals surface area contributed by atoms with Gasteiger partial charge in [0.25, 0.3) is 0 Å². The highest BCUT2D eigenvalue weighted by atomic mass is 16.7. The van der Waals surface area contributed by atoms with Crippen molar-refractivity contribution in [3.63, 3.8) is 0 Å². The van der Waals surface area contributed by atoms with Crippen molar-refractivity contribution in [2.24, 2.45) is 41.2 Å². The number of amides is 1. The number of primary amides is 1. The smallest absolute Gasteiger partial charge is 0.404 e. The lowest BCUT2D eigenvalue weighted by molar-refractivity contribution is -0.339.